The molecule has 1 N–H and O–H groups in total. The Morgan fingerprint density at radius 1 is 1.19 bits per heavy atom. The van der Waals surface area contributed by atoms with Crippen molar-refractivity contribution in [2.45, 2.75) is 31.8 Å². The number of carbonyl (C=O) groups is 1. The fraction of sp³-hybridized carbons (Fsp3) is 0.238. The maximum absolute atomic E-state index is 12.6. The summed E-state index contributed by atoms with van der Waals surface area (Å²) >= 11 is 7.78. The zero-order valence-corrected chi connectivity index (χ0v) is 17.2. The fourth-order valence-corrected chi connectivity index (χ4v) is 3.61. The first-order chi connectivity index (χ1) is 13.0. The Kier molecular flexibility index (Phi) is 6.24. The Bertz CT molecular complexity index is 954. The Balaban J connectivity index is 1.74. The maximum Gasteiger partial charge on any atom is 0.253 e. The van der Waals surface area contributed by atoms with E-state index in [9.17, 15) is 4.79 Å². The number of hydrogen-bond acceptors (Lipinski definition) is 3. The molecule has 0 aliphatic heterocycles. The molecule has 0 radical (unpaired) electrons. The average Bonchev–Trinajstić information content (AvgIpc) is 2.94. The van der Waals surface area contributed by atoms with Gasteiger partial charge in [0.05, 0.1) is 22.8 Å². The van der Waals surface area contributed by atoms with E-state index in [4.69, 9.17) is 11.6 Å². The summed E-state index contributed by atoms with van der Waals surface area (Å²) in [6.07, 6.45) is 1.97. The van der Waals surface area contributed by atoms with Crippen molar-refractivity contribution in [3.63, 3.8) is 0 Å². The SMILES string of the molecule is CSc1ccc(Cl)c(C(=O)NCc2c(C)nn(Cc3ccccc3)c2C)c1. The minimum absolute atomic E-state index is 0.175. The summed E-state index contributed by atoms with van der Waals surface area (Å²) < 4.78 is 1.98. The van der Waals surface area contributed by atoms with E-state index in [0.717, 1.165) is 21.8 Å². The first kappa shape index (κ1) is 19.5. The van der Waals surface area contributed by atoms with Crippen LogP contribution in [0.15, 0.2) is 53.4 Å². The summed E-state index contributed by atoms with van der Waals surface area (Å²) in [5, 5.41) is 8.07. The number of nitrogens with one attached hydrogen (secondary N) is 1. The minimum Gasteiger partial charge on any atom is -0.348 e. The lowest BCUT2D eigenvalue weighted by Gasteiger charge is -2.09. The van der Waals surface area contributed by atoms with Crippen molar-refractivity contribution in [2.24, 2.45) is 0 Å². The van der Waals surface area contributed by atoms with E-state index in [-0.39, 0.29) is 5.91 Å². The summed E-state index contributed by atoms with van der Waals surface area (Å²) in [6, 6.07) is 15.7. The second-order valence-electron chi connectivity index (χ2n) is 6.32. The van der Waals surface area contributed by atoms with Gasteiger partial charge in [-0.3, -0.25) is 9.48 Å². The lowest BCUT2D eigenvalue weighted by molar-refractivity contribution is 0.0951. The van der Waals surface area contributed by atoms with Gasteiger partial charge in [0.25, 0.3) is 5.91 Å². The molecule has 0 saturated heterocycles. The number of aromatic nitrogens is 2. The third-order valence-electron chi connectivity index (χ3n) is 4.55. The third kappa shape index (κ3) is 4.54. The van der Waals surface area contributed by atoms with Gasteiger partial charge in [0.2, 0.25) is 0 Å². The molecule has 2 aromatic carbocycles. The lowest BCUT2D eigenvalue weighted by atomic mass is 10.1. The molecule has 1 heterocycles. The van der Waals surface area contributed by atoms with E-state index in [0.29, 0.717) is 23.7 Å². The van der Waals surface area contributed by atoms with Crippen molar-refractivity contribution in [3.8, 4) is 0 Å². The molecular weight excluding hydrogens is 378 g/mol. The van der Waals surface area contributed by atoms with Gasteiger partial charge in [-0.2, -0.15) is 5.10 Å². The molecule has 1 amide bonds. The summed E-state index contributed by atoms with van der Waals surface area (Å²) in [5.74, 6) is -0.175. The molecule has 0 saturated carbocycles. The average molecular weight is 400 g/mol. The predicted molar refractivity (Wildman–Crippen MR) is 112 cm³/mol. The molecule has 140 valence electrons. The molecular formula is C21H22ClN3OS. The molecule has 0 bridgehead atoms. The van der Waals surface area contributed by atoms with Crippen LogP contribution in [0.2, 0.25) is 5.02 Å². The van der Waals surface area contributed by atoms with Crippen LogP contribution in [-0.2, 0) is 13.1 Å². The van der Waals surface area contributed by atoms with E-state index >= 15 is 0 Å². The van der Waals surface area contributed by atoms with E-state index in [2.05, 4.69) is 22.5 Å². The van der Waals surface area contributed by atoms with Crippen LogP contribution < -0.4 is 5.32 Å². The third-order valence-corrected chi connectivity index (χ3v) is 5.61. The van der Waals surface area contributed by atoms with E-state index in [1.165, 1.54) is 5.56 Å². The molecule has 6 heteroatoms. The highest BCUT2D eigenvalue weighted by molar-refractivity contribution is 7.98. The molecule has 0 unspecified atom stereocenters. The highest BCUT2D eigenvalue weighted by Crippen LogP contribution is 2.23. The van der Waals surface area contributed by atoms with Gasteiger partial charge < -0.3 is 5.32 Å². The number of aryl methyl sites for hydroxylation is 1. The molecule has 3 rings (SSSR count). The van der Waals surface area contributed by atoms with E-state index in [1.54, 1.807) is 17.8 Å². The van der Waals surface area contributed by atoms with Gasteiger partial charge in [-0.25, -0.2) is 0 Å². The van der Waals surface area contributed by atoms with Gasteiger partial charge in [0, 0.05) is 22.7 Å². The summed E-state index contributed by atoms with van der Waals surface area (Å²) in [7, 11) is 0. The summed E-state index contributed by atoms with van der Waals surface area (Å²) in [6.45, 7) is 5.14. The van der Waals surface area contributed by atoms with Gasteiger partial charge in [-0.1, -0.05) is 41.9 Å². The smallest absolute Gasteiger partial charge is 0.253 e. The molecule has 1 aromatic heterocycles. The van der Waals surface area contributed by atoms with Gasteiger partial charge in [0.1, 0.15) is 0 Å². The lowest BCUT2D eigenvalue weighted by Crippen LogP contribution is -2.23. The van der Waals surface area contributed by atoms with Crippen LogP contribution >= 0.6 is 23.4 Å². The van der Waals surface area contributed by atoms with Crippen LogP contribution in [0, 0.1) is 13.8 Å². The van der Waals surface area contributed by atoms with Crippen molar-refractivity contribution >= 4 is 29.3 Å². The van der Waals surface area contributed by atoms with Crippen molar-refractivity contribution in [3.05, 3.63) is 81.6 Å². The summed E-state index contributed by atoms with van der Waals surface area (Å²) in [5.41, 5.74) is 4.71. The quantitative estimate of drug-likeness (QED) is 0.602. The van der Waals surface area contributed by atoms with Gasteiger partial charge in [-0.15, -0.1) is 11.8 Å². The number of halogens is 1. The molecule has 0 spiro atoms. The molecule has 27 heavy (non-hydrogen) atoms. The number of hydrogen-bond donors (Lipinski definition) is 1. The van der Waals surface area contributed by atoms with E-state index in [1.807, 2.05) is 55.1 Å². The Hall–Kier alpha value is -2.24. The van der Waals surface area contributed by atoms with Crippen molar-refractivity contribution < 1.29 is 4.79 Å². The summed E-state index contributed by atoms with van der Waals surface area (Å²) in [4.78, 5) is 13.6. The van der Waals surface area contributed by atoms with Crippen LogP contribution in [0.3, 0.4) is 0 Å². The number of thioether (sulfide) groups is 1. The highest BCUT2D eigenvalue weighted by Gasteiger charge is 2.15. The molecule has 0 aliphatic rings. The van der Waals surface area contributed by atoms with Crippen molar-refractivity contribution in [2.75, 3.05) is 6.26 Å². The number of amides is 1. The second-order valence-corrected chi connectivity index (χ2v) is 7.61. The maximum atomic E-state index is 12.6. The predicted octanol–water partition coefficient (Wildman–Crippen LogP) is 4.85. The number of carbonyl (C=O) groups excluding carboxylic acids is 1. The molecule has 3 aromatic rings. The molecule has 0 fully saturated rings. The Labute approximate surface area is 168 Å². The van der Waals surface area contributed by atoms with Crippen LogP contribution in [0.4, 0.5) is 0 Å². The second kappa shape index (κ2) is 8.63. The zero-order valence-electron chi connectivity index (χ0n) is 15.6. The van der Waals surface area contributed by atoms with Crippen LogP contribution in [0.1, 0.15) is 32.9 Å². The molecule has 0 atom stereocenters. The highest BCUT2D eigenvalue weighted by atomic mass is 35.5. The monoisotopic (exact) mass is 399 g/mol. The largest absolute Gasteiger partial charge is 0.348 e. The van der Waals surface area contributed by atoms with Crippen molar-refractivity contribution in [1.29, 1.82) is 0 Å². The molecule has 0 aliphatic carbocycles. The van der Waals surface area contributed by atoms with Crippen LogP contribution in [0.5, 0.6) is 0 Å². The Morgan fingerprint density at radius 3 is 2.63 bits per heavy atom. The van der Waals surface area contributed by atoms with Gasteiger partial charge in [-0.05, 0) is 43.9 Å². The van der Waals surface area contributed by atoms with Gasteiger partial charge in [0.15, 0.2) is 0 Å². The van der Waals surface area contributed by atoms with Crippen LogP contribution in [0.25, 0.3) is 0 Å². The standard InChI is InChI=1S/C21H22ClN3OS/c1-14-19(15(2)25(24-14)13-16-7-5-4-6-8-16)12-23-21(26)18-11-17(27-3)9-10-20(18)22/h4-11H,12-13H2,1-3H3,(H,23,26). The van der Waals surface area contributed by atoms with Crippen molar-refractivity contribution in [1.82, 2.24) is 15.1 Å². The topological polar surface area (TPSA) is 46.9 Å². The number of benzene rings is 2. The van der Waals surface area contributed by atoms with E-state index < -0.39 is 0 Å². The Morgan fingerprint density at radius 2 is 1.93 bits per heavy atom. The van der Waals surface area contributed by atoms with Crippen LogP contribution in [-0.4, -0.2) is 21.9 Å². The minimum atomic E-state index is -0.175. The molecule has 4 nitrogen and oxygen atoms in total. The first-order valence-electron chi connectivity index (χ1n) is 8.68. The normalized spacial score (nSPS) is 10.8. The fourth-order valence-electron chi connectivity index (χ4n) is 2.97. The first-order valence-corrected chi connectivity index (χ1v) is 10.3. The zero-order chi connectivity index (χ0) is 19.4. The number of rotatable bonds is 6. The number of nitrogens with zero attached hydrogens (tertiary/aromatic N) is 2. The van der Waals surface area contributed by atoms with Gasteiger partial charge >= 0.3 is 0 Å².